The van der Waals surface area contributed by atoms with Crippen LogP contribution in [0.25, 0.3) is 105 Å². The molecule has 2 heterocycles. The molecule has 264 valence electrons. The van der Waals surface area contributed by atoms with Crippen LogP contribution in [0.1, 0.15) is 5.56 Å². The highest BCUT2D eigenvalue weighted by molar-refractivity contribution is 6.14. The van der Waals surface area contributed by atoms with Crippen LogP contribution in [0.5, 0.6) is 0 Å². The highest BCUT2D eigenvalue weighted by Crippen LogP contribution is 2.42. The minimum atomic E-state index is 0.614. The average Bonchev–Trinajstić information content (AvgIpc) is 3.60. The van der Waals surface area contributed by atoms with Crippen molar-refractivity contribution in [3.05, 3.63) is 200 Å². The Morgan fingerprint density at radius 1 is 0.386 bits per heavy atom. The summed E-state index contributed by atoms with van der Waals surface area (Å²) < 4.78 is 2.23. The molecule has 0 fully saturated rings. The van der Waals surface area contributed by atoms with Gasteiger partial charge in [-0.1, -0.05) is 152 Å². The van der Waals surface area contributed by atoms with Crippen LogP contribution in [-0.2, 0) is 0 Å². The third-order valence-electron chi connectivity index (χ3n) is 11.2. The second-order valence-electron chi connectivity index (χ2n) is 14.5. The summed E-state index contributed by atoms with van der Waals surface area (Å²) in [5, 5.41) is 17.6. The molecule has 0 unspecified atom stereocenters. The first-order valence-corrected chi connectivity index (χ1v) is 19.1. The molecule has 0 saturated carbocycles. The minimum absolute atomic E-state index is 0.614. The summed E-state index contributed by atoms with van der Waals surface area (Å²) in [6.45, 7) is 0. The van der Waals surface area contributed by atoms with E-state index < -0.39 is 0 Å². The predicted molar refractivity (Wildman–Crippen MR) is 235 cm³/mol. The summed E-state index contributed by atoms with van der Waals surface area (Å²) in [5.41, 5.74) is 12.0. The van der Waals surface area contributed by atoms with Crippen molar-refractivity contribution in [3.8, 4) is 56.7 Å². The number of nitriles is 1. The molecular formula is C53H32N4. The van der Waals surface area contributed by atoms with E-state index in [-0.39, 0.29) is 0 Å². The van der Waals surface area contributed by atoms with Crippen molar-refractivity contribution >= 4 is 54.3 Å². The highest BCUT2D eigenvalue weighted by atomic mass is 15.2. The zero-order valence-corrected chi connectivity index (χ0v) is 30.8. The smallest absolute Gasteiger partial charge is 0.235 e. The normalized spacial score (nSPS) is 11.5. The topological polar surface area (TPSA) is 54.5 Å². The van der Waals surface area contributed by atoms with Gasteiger partial charge in [0.15, 0.2) is 0 Å². The Morgan fingerprint density at radius 2 is 0.982 bits per heavy atom. The number of benzene rings is 9. The maximum Gasteiger partial charge on any atom is 0.235 e. The number of rotatable bonds is 5. The second-order valence-corrected chi connectivity index (χ2v) is 14.5. The van der Waals surface area contributed by atoms with Gasteiger partial charge in [-0.2, -0.15) is 5.26 Å². The summed E-state index contributed by atoms with van der Waals surface area (Å²) in [4.78, 5) is 11.0. The third kappa shape index (κ3) is 5.45. The summed E-state index contributed by atoms with van der Waals surface area (Å²) in [5.74, 6) is 0.614. The van der Waals surface area contributed by atoms with Gasteiger partial charge >= 0.3 is 0 Å². The van der Waals surface area contributed by atoms with Gasteiger partial charge in [0.05, 0.1) is 33.9 Å². The number of hydrogen-bond acceptors (Lipinski definition) is 3. The Bertz CT molecular complexity index is 3390. The molecule has 0 spiro atoms. The zero-order chi connectivity index (χ0) is 37.9. The van der Waals surface area contributed by atoms with E-state index in [0.29, 0.717) is 11.5 Å². The van der Waals surface area contributed by atoms with E-state index in [1.807, 2.05) is 30.3 Å². The Hall–Kier alpha value is -7.87. The molecule has 4 nitrogen and oxygen atoms in total. The van der Waals surface area contributed by atoms with Crippen molar-refractivity contribution in [1.82, 2.24) is 14.5 Å². The molecule has 0 radical (unpaired) electrons. The minimum Gasteiger partial charge on any atom is -0.278 e. The quantitative estimate of drug-likeness (QED) is 0.178. The molecule has 0 amide bonds. The van der Waals surface area contributed by atoms with Crippen LogP contribution in [0.15, 0.2) is 194 Å². The van der Waals surface area contributed by atoms with Crippen molar-refractivity contribution < 1.29 is 0 Å². The van der Waals surface area contributed by atoms with Crippen LogP contribution in [0.3, 0.4) is 0 Å². The van der Waals surface area contributed by atoms with E-state index >= 15 is 0 Å². The van der Waals surface area contributed by atoms with Crippen molar-refractivity contribution in [2.45, 2.75) is 0 Å². The zero-order valence-electron chi connectivity index (χ0n) is 30.8. The van der Waals surface area contributed by atoms with Crippen LogP contribution in [-0.4, -0.2) is 14.5 Å². The molecule has 11 rings (SSSR count). The lowest BCUT2D eigenvalue weighted by Gasteiger charge is -2.17. The molecule has 57 heavy (non-hydrogen) atoms. The Labute approximate surface area is 329 Å². The van der Waals surface area contributed by atoms with E-state index in [0.717, 1.165) is 87.9 Å². The van der Waals surface area contributed by atoms with Crippen LogP contribution >= 0.6 is 0 Å². The molecule has 0 saturated heterocycles. The van der Waals surface area contributed by atoms with Crippen LogP contribution < -0.4 is 0 Å². The van der Waals surface area contributed by atoms with Crippen LogP contribution in [0, 0.1) is 11.3 Å². The number of hydrogen-bond donors (Lipinski definition) is 0. The molecule has 0 bridgehead atoms. The Balaban J connectivity index is 1.24. The lowest BCUT2D eigenvalue weighted by atomic mass is 9.90. The summed E-state index contributed by atoms with van der Waals surface area (Å²) in [7, 11) is 0. The largest absolute Gasteiger partial charge is 0.278 e. The molecule has 0 aliphatic rings. The fourth-order valence-corrected chi connectivity index (χ4v) is 8.45. The van der Waals surface area contributed by atoms with Crippen LogP contribution in [0.4, 0.5) is 0 Å². The Morgan fingerprint density at radius 3 is 1.75 bits per heavy atom. The van der Waals surface area contributed by atoms with Gasteiger partial charge in [0.2, 0.25) is 5.95 Å². The van der Waals surface area contributed by atoms with Crippen molar-refractivity contribution in [3.63, 3.8) is 0 Å². The maximum absolute atomic E-state index is 9.66. The van der Waals surface area contributed by atoms with Crippen molar-refractivity contribution in [1.29, 1.82) is 5.26 Å². The molecule has 2 aromatic heterocycles. The Kier molecular flexibility index (Phi) is 7.52. The van der Waals surface area contributed by atoms with E-state index in [4.69, 9.17) is 9.97 Å². The third-order valence-corrected chi connectivity index (χ3v) is 11.2. The molecule has 9 aromatic carbocycles. The van der Waals surface area contributed by atoms with Gasteiger partial charge in [-0.15, -0.1) is 0 Å². The highest BCUT2D eigenvalue weighted by Gasteiger charge is 2.21. The van der Waals surface area contributed by atoms with Crippen molar-refractivity contribution in [2.75, 3.05) is 0 Å². The van der Waals surface area contributed by atoms with Gasteiger partial charge < -0.3 is 0 Å². The van der Waals surface area contributed by atoms with Gasteiger partial charge in [0.25, 0.3) is 0 Å². The number of fused-ring (bicyclic) bond motifs is 6. The fourth-order valence-electron chi connectivity index (χ4n) is 8.45. The van der Waals surface area contributed by atoms with Gasteiger partial charge in [0.1, 0.15) is 0 Å². The van der Waals surface area contributed by atoms with Gasteiger partial charge in [-0.25, -0.2) is 9.97 Å². The average molecular weight is 725 g/mol. The fraction of sp³-hybridized carbons (Fsp3) is 0. The molecular weight excluding hydrogens is 693 g/mol. The predicted octanol–water partition coefficient (Wildman–Crippen LogP) is 13.6. The van der Waals surface area contributed by atoms with Gasteiger partial charge in [0, 0.05) is 21.7 Å². The molecule has 0 aliphatic heterocycles. The molecule has 4 heteroatoms. The van der Waals surface area contributed by atoms with E-state index in [1.54, 1.807) is 0 Å². The summed E-state index contributed by atoms with van der Waals surface area (Å²) in [6.07, 6.45) is 0. The van der Waals surface area contributed by atoms with E-state index in [1.165, 1.54) is 10.9 Å². The van der Waals surface area contributed by atoms with E-state index in [9.17, 15) is 5.26 Å². The monoisotopic (exact) mass is 724 g/mol. The molecule has 0 atom stereocenters. The first-order valence-electron chi connectivity index (χ1n) is 19.1. The summed E-state index contributed by atoms with van der Waals surface area (Å²) >= 11 is 0. The SMILES string of the molecule is N#Cc1ccc(-c2cc3c(-c4cccc5ccccc45)nc(-n4c5ccccc5c5cc6ccccc6cc54)nc3cc2-c2ccc(-c3ccccc3)cc2)cc1. The number of aromatic nitrogens is 3. The van der Waals surface area contributed by atoms with Crippen LogP contribution in [0.2, 0.25) is 0 Å². The molecule has 0 aliphatic carbocycles. The first kappa shape index (κ1) is 32.6. The lowest BCUT2D eigenvalue weighted by molar-refractivity contribution is 1.01. The van der Waals surface area contributed by atoms with Gasteiger partial charge in [-0.3, -0.25) is 4.57 Å². The first-order chi connectivity index (χ1) is 28.2. The van der Waals surface area contributed by atoms with E-state index in [2.05, 4.69) is 174 Å². The molecule has 11 aromatic rings. The van der Waals surface area contributed by atoms with Crippen molar-refractivity contribution in [2.24, 2.45) is 0 Å². The summed E-state index contributed by atoms with van der Waals surface area (Å²) in [6, 6.07) is 70.4. The maximum atomic E-state index is 9.66. The number of nitrogens with zero attached hydrogens (tertiary/aromatic N) is 4. The second kappa shape index (κ2) is 13.2. The standard InChI is InChI=1S/C53H32N4/c54-33-34-21-23-38(24-22-34)45-31-48-49(32-46(45)39-27-25-36(26-28-39)35-11-2-1-3-12-35)55-53(56-52(48)44-19-10-16-37-13-6-7-17-42(37)44)57-50-20-9-8-18-43(50)47-29-40-14-4-5-15-41(40)30-51(47)57/h1-32H. The molecule has 0 N–H and O–H groups in total. The number of para-hydroxylation sites is 1. The van der Waals surface area contributed by atoms with Gasteiger partial charge in [-0.05, 0) is 97.4 Å². The lowest BCUT2D eigenvalue weighted by Crippen LogP contribution is -2.04.